The van der Waals surface area contributed by atoms with E-state index < -0.39 is 22.0 Å². The van der Waals surface area contributed by atoms with Crippen LogP contribution in [0.25, 0.3) is 0 Å². The van der Waals surface area contributed by atoms with Crippen molar-refractivity contribution in [2.24, 2.45) is 10.2 Å². The predicted octanol–water partition coefficient (Wildman–Crippen LogP) is 3.93. The highest BCUT2D eigenvalue weighted by molar-refractivity contribution is 5.73. The van der Waals surface area contributed by atoms with E-state index in [0.29, 0.717) is 11.1 Å². The number of nitrogens with zero attached hydrogens (tertiary/aromatic N) is 4. The van der Waals surface area contributed by atoms with Gasteiger partial charge in [0.1, 0.15) is 13.2 Å². The average Bonchev–Trinajstić information content (AvgIpc) is 2.69. The number of carbonyl (C=O) groups is 2. The SMILES string of the molecule is O=C(/N=N\C(=O)OCc1ccc([N+](=O)[O-])cc1)OCc1ccc([N+](=O)[O-])cc1. The van der Waals surface area contributed by atoms with Crippen LogP contribution >= 0.6 is 0 Å². The first kappa shape index (κ1) is 20.1. The summed E-state index contributed by atoms with van der Waals surface area (Å²) in [4.78, 5) is 42.8. The molecule has 0 atom stereocenters. The van der Waals surface area contributed by atoms with Gasteiger partial charge in [-0.25, -0.2) is 9.59 Å². The summed E-state index contributed by atoms with van der Waals surface area (Å²) in [6, 6.07) is 10.6. The van der Waals surface area contributed by atoms with Crippen molar-refractivity contribution >= 4 is 23.6 Å². The van der Waals surface area contributed by atoms with Gasteiger partial charge in [0.15, 0.2) is 0 Å². The van der Waals surface area contributed by atoms with Gasteiger partial charge in [0.25, 0.3) is 11.4 Å². The van der Waals surface area contributed by atoms with Crippen LogP contribution in [0.1, 0.15) is 11.1 Å². The Morgan fingerprint density at radius 1 is 0.714 bits per heavy atom. The molecule has 0 saturated heterocycles. The van der Waals surface area contributed by atoms with Gasteiger partial charge in [0.05, 0.1) is 9.85 Å². The molecule has 28 heavy (non-hydrogen) atoms. The number of ether oxygens (including phenoxy) is 2. The van der Waals surface area contributed by atoms with Crippen LogP contribution in [0.5, 0.6) is 0 Å². The summed E-state index contributed by atoms with van der Waals surface area (Å²) in [5.74, 6) is 0. The number of benzene rings is 2. The maximum atomic E-state index is 11.4. The van der Waals surface area contributed by atoms with Gasteiger partial charge in [-0.05, 0) is 35.4 Å². The number of hydrogen-bond acceptors (Lipinski definition) is 8. The minimum atomic E-state index is -1.15. The van der Waals surface area contributed by atoms with Crippen molar-refractivity contribution in [3.05, 3.63) is 79.9 Å². The van der Waals surface area contributed by atoms with E-state index in [2.05, 4.69) is 10.2 Å². The molecular weight excluding hydrogens is 376 g/mol. The van der Waals surface area contributed by atoms with E-state index in [4.69, 9.17) is 9.47 Å². The highest BCUT2D eigenvalue weighted by atomic mass is 16.6. The normalized spacial score (nSPS) is 10.4. The molecular formula is C16H12N4O8. The summed E-state index contributed by atoms with van der Waals surface area (Å²) >= 11 is 0. The molecule has 0 bridgehead atoms. The van der Waals surface area contributed by atoms with E-state index in [1.54, 1.807) is 0 Å². The van der Waals surface area contributed by atoms with Crippen LogP contribution in [0.3, 0.4) is 0 Å². The Labute approximate surface area is 156 Å². The minimum absolute atomic E-state index is 0.106. The molecule has 12 nitrogen and oxygen atoms in total. The monoisotopic (exact) mass is 388 g/mol. The Morgan fingerprint density at radius 2 is 1.04 bits per heavy atom. The second-order valence-electron chi connectivity index (χ2n) is 5.16. The Kier molecular flexibility index (Phi) is 6.80. The lowest BCUT2D eigenvalue weighted by atomic mass is 10.2. The lowest BCUT2D eigenvalue weighted by Gasteiger charge is -2.02. The molecule has 2 aromatic rings. The van der Waals surface area contributed by atoms with E-state index in [1.807, 2.05) is 0 Å². The summed E-state index contributed by atoms with van der Waals surface area (Å²) in [5, 5.41) is 27.1. The molecule has 144 valence electrons. The molecule has 2 rings (SSSR count). The maximum Gasteiger partial charge on any atom is 0.452 e. The van der Waals surface area contributed by atoms with Gasteiger partial charge in [0, 0.05) is 24.3 Å². The Morgan fingerprint density at radius 3 is 1.32 bits per heavy atom. The van der Waals surface area contributed by atoms with Crippen LogP contribution in [0.4, 0.5) is 21.0 Å². The third-order valence-corrected chi connectivity index (χ3v) is 3.23. The number of amides is 2. The predicted molar refractivity (Wildman–Crippen MR) is 91.4 cm³/mol. The molecule has 0 radical (unpaired) electrons. The third kappa shape index (κ3) is 6.25. The molecule has 0 fully saturated rings. The topological polar surface area (TPSA) is 164 Å². The van der Waals surface area contributed by atoms with Gasteiger partial charge < -0.3 is 9.47 Å². The van der Waals surface area contributed by atoms with Gasteiger partial charge in [-0.15, -0.1) is 0 Å². The van der Waals surface area contributed by atoms with Crippen molar-refractivity contribution < 1.29 is 28.9 Å². The number of non-ortho nitro benzene ring substituents is 2. The molecule has 0 aliphatic rings. The molecule has 0 N–H and O–H groups in total. The smallest absolute Gasteiger partial charge is 0.442 e. The number of carbonyl (C=O) groups excluding carboxylic acids is 2. The van der Waals surface area contributed by atoms with E-state index >= 15 is 0 Å². The van der Waals surface area contributed by atoms with E-state index in [0.717, 1.165) is 0 Å². The third-order valence-electron chi connectivity index (χ3n) is 3.23. The molecule has 0 saturated carbocycles. The van der Waals surface area contributed by atoms with Gasteiger partial charge >= 0.3 is 12.2 Å². The van der Waals surface area contributed by atoms with Crippen molar-refractivity contribution in [3.8, 4) is 0 Å². The van der Waals surface area contributed by atoms with Crippen molar-refractivity contribution in [3.63, 3.8) is 0 Å². The standard InChI is InChI=1S/C16H12N4O8/c21-15(27-9-11-1-5-13(6-2-11)19(23)24)17-18-16(22)28-10-12-3-7-14(8-4-12)20(25)26/h1-8H,9-10H2/b18-17-. The molecule has 0 unspecified atom stereocenters. The fraction of sp³-hybridized carbons (Fsp3) is 0.125. The zero-order valence-electron chi connectivity index (χ0n) is 14.1. The number of azo groups is 1. The molecule has 0 aliphatic heterocycles. The summed E-state index contributed by atoms with van der Waals surface area (Å²) in [5.41, 5.74) is 0.751. The van der Waals surface area contributed by atoms with Crippen molar-refractivity contribution in [1.29, 1.82) is 0 Å². The van der Waals surface area contributed by atoms with Gasteiger partial charge in [-0.2, -0.15) is 0 Å². The molecule has 2 amide bonds. The first-order chi connectivity index (χ1) is 13.3. The first-order valence-electron chi connectivity index (χ1n) is 7.57. The highest BCUT2D eigenvalue weighted by Gasteiger charge is 2.08. The number of hydrogen-bond donors (Lipinski definition) is 0. The van der Waals surface area contributed by atoms with Crippen LogP contribution in [-0.2, 0) is 22.7 Å². The molecule has 0 aromatic heterocycles. The van der Waals surface area contributed by atoms with Gasteiger partial charge in [-0.3, -0.25) is 20.2 Å². The fourth-order valence-corrected chi connectivity index (χ4v) is 1.86. The molecule has 2 aromatic carbocycles. The zero-order chi connectivity index (χ0) is 20.5. The van der Waals surface area contributed by atoms with Crippen molar-refractivity contribution in [2.75, 3.05) is 0 Å². The summed E-state index contributed by atoms with van der Waals surface area (Å²) in [7, 11) is 0. The molecule has 0 spiro atoms. The lowest BCUT2D eigenvalue weighted by molar-refractivity contribution is -0.385. The van der Waals surface area contributed by atoms with Crippen LogP contribution in [0.2, 0.25) is 0 Å². The van der Waals surface area contributed by atoms with Crippen LogP contribution in [0.15, 0.2) is 58.8 Å². The zero-order valence-corrected chi connectivity index (χ0v) is 14.1. The number of nitro benzene ring substituents is 2. The number of nitro groups is 2. The van der Waals surface area contributed by atoms with E-state index in [1.165, 1.54) is 48.5 Å². The van der Waals surface area contributed by atoms with E-state index in [9.17, 15) is 29.8 Å². The van der Waals surface area contributed by atoms with Crippen molar-refractivity contribution in [1.82, 2.24) is 0 Å². The maximum absolute atomic E-state index is 11.4. The Balaban J connectivity index is 1.75. The Hall–Kier alpha value is -4.22. The fourth-order valence-electron chi connectivity index (χ4n) is 1.86. The molecule has 12 heteroatoms. The van der Waals surface area contributed by atoms with Crippen LogP contribution in [0, 0.1) is 20.2 Å². The summed E-state index contributed by atoms with van der Waals surface area (Å²) < 4.78 is 9.47. The van der Waals surface area contributed by atoms with Gasteiger partial charge in [0.2, 0.25) is 0 Å². The van der Waals surface area contributed by atoms with Crippen LogP contribution < -0.4 is 0 Å². The Bertz CT molecular complexity index is 834. The van der Waals surface area contributed by atoms with Crippen LogP contribution in [-0.4, -0.2) is 22.0 Å². The second kappa shape index (κ2) is 9.47. The summed E-state index contributed by atoms with van der Waals surface area (Å²) in [6.45, 7) is -0.429. The minimum Gasteiger partial charge on any atom is -0.442 e. The average molecular weight is 388 g/mol. The first-order valence-corrected chi connectivity index (χ1v) is 7.57. The number of rotatable bonds is 6. The largest absolute Gasteiger partial charge is 0.452 e. The van der Waals surface area contributed by atoms with Crippen molar-refractivity contribution in [2.45, 2.75) is 13.2 Å². The van der Waals surface area contributed by atoms with Gasteiger partial charge in [-0.1, -0.05) is 10.2 Å². The lowest BCUT2D eigenvalue weighted by Crippen LogP contribution is -2.02. The second-order valence-corrected chi connectivity index (χ2v) is 5.16. The van der Waals surface area contributed by atoms with E-state index in [-0.39, 0.29) is 24.6 Å². The molecule has 0 heterocycles. The quantitative estimate of drug-likeness (QED) is 0.408. The molecule has 0 aliphatic carbocycles. The summed E-state index contributed by atoms with van der Waals surface area (Å²) in [6.07, 6.45) is -2.30. The highest BCUT2D eigenvalue weighted by Crippen LogP contribution is 2.14.